The molecule has 0 bridgehead atoms. The standard InChI is InChI=1S/C81H112N10O22S2/c1-6-81(70-49-72-74-68(53-90(72)76(96)69(70)57-111-77(81)97)66(67-17-10-11-18-71(67)88-74)26-30-91(58(2)3)115(5,100)101)113-80(99)112-54-60-20-22-63(23-21-60)87-75(95)62(15-12-27-83-78(82)98)48-65(93)56-110-55-64(92)16-13-32-102-34-36-104-38-40-106-42-44-108-46-47-109-45-43-107-41-39-105-37-35-103-33-31-89-28-24-59(25-29-89)50-84-73(94)19-9-7-8-14-61-51-85-79(114-4)86-52-61/h10-11,17-18,20-23,49,51-52,58-59,62H,6-7,9,12-13,15-16,19,24-48,50,53-57H2,1-5H3,(H,84,94)(H,87,95)(H3,82,83,98)/p+1/t62-,81+/m1/s1. The number of hydrogen-bond donors (Lipinski definition) is 5. The number of cyclic esters (lactones) is 1. The molecule has 3 aliphatic heterocycles. The summed E-state index contributed by atoms with van der Waals surface area (Å²) >= 11 is 1.49. The lowest BCUT2D eigenvalue weighted by Gasteiger charge is -2.35. The van der Waals surface area contributed by atoms with Crippen LogP contribution < -0.4 is 32.1 Å². The Morgan fingerprint density at radius 2 is 1.38 bits per heavy atom. The first-order chi connectivity index (χ1) is 55.7. The molecule has 2 aromatic carbocycles. The van der Waals surface area contributed by atoms with Crippen LogP contribution in [-0.4, -0.2) is 251 Å². The molecule has 0 saturated carbocycles. The fourth-order valence-corrected chi connectivity index (χ4v) is 15.0. The molecule has 4 amide bonds. The number of pyridine rings is 2. The molecule has 0 unspecified atom stereocenters. The van der Waals surface area contributed by atoms with E-state index < -0.39 is 63.6 Å². The van der Waals surface area contributed by atoms with E-state index in [0.717, 1.165) is 72.7 Å². The number of quaternary nitrogens is 1. The largest absolute Gasteiger partial charge is 0.510 e. The molecule has 3 aromatic heterocycles. The lowest BCUT2D eigenvalue weighted by molar-refractivity contribution is -0.906. The van der Waals surface area contributed by atoms with Crippen LogP contribution in [0.3, 0.4) is 0 Å². The lowest BCUT2D eigenvalue weighted by atomic mass is 9.85. The number of amides is 4. The van der Waals surface area contributed by atoms with E-state index in [1.54, 1.807) is 63.5 Å². The number of carbonyl (C=O) groups is 7. The van der Waals surface area contributed by atoms with Gasteiger partial charge in [0.25, 0.3) is 5.56 Å². The first-order valence-electron chi connectivity index (χ1n) is 39.4. The van der Waals surface area contributed by atoms with Crippen molar-refractivity contribution in [3.8, 4) is 23.2 Å². The minimum Gasteiger partial charge on any atom is -0.457 e. The molecule has 6 heterocycles. The molecule has 0 aliphatic carbocycles. The van der Waals surface area contributed by atoms with Crippen LogP contribution in [-0.2, 0) is 123 Å². The number of ketones is 2. The van der Waals surface area contributed by atoms with Crippen LogP contribution in [0.25, 0.3) is 22.3 Å². The van der Waals surface area contributed by atoms with Crippen molar-refractivity contribution in [1.29, 1.82) is 0 Å². The second-order valence-corrected chi connectivity index (χ2v) is 31.0. The maximum Gasteiger partial charge on any atom is 0.510 e. The fourth-order valence-electron chi connectivity index (χ4n) is 13.5. The van der Waals surface area contributed by atoms with Gasteiger partial charge in [0.05, 0.1) is 153 Å². The minimum absolute atomic E-state index is 0.0874. The number of benzene rings is 2. The van der Waals surface area contributed by atoms with E-state index in [0.29, 0.717) is 172 Å². The molecule has 5 aromatic rings. The highest BCUT2D eigenvalue weighted by atomic mass is 32.2. The summed E-state index contributed by atoms with van der Waals surface area (Å²) in [6.07, 6.45) is 10.4. The number of nitrogens with zero attached hydrogens (tertiary/aromatic N) is 5. The summed E-state index contributed by atoms with van der Waals surface area (Å²) in [5.41, 5.74) is 7.59. The molecule has 34 heteroatoms. The van der Waals surface area contributed by atoms with Gasteiger partial charge in [-0.3, -0.25) is 24.0 Å². The fraction of sp³-hybridized carbons (Fsp3) is 0.593. The number of esters is 1. The Bertz CT molecular complexity index is 4190. The number of Topliss-reactive ketones (excluding diaryl/α,β-unsaturated/α-hetero) is 2. The number of aromatic nitrogens is 4. The minimum atomic E-state index is -3.55. The molecule has 2 atom stereocenters. The second kappa shape index (κ2) is 49.6. The lowest BCUT2D eigenvalue weighted by Crippen LogP contribution is -3.13. The number of sulfonamides is 1. The number of rotatable bonds is 55. The Labute approximate surface area is 676 Å². The zero-order valence-electron chi connectivity index (χ0n) is 66.8. The number of urea groups is 1. The number of anilines is 1. The summed E-state index contributed by atoms with van der Waals surface area (Å²) in [5, 5.41) is 9.92. The number of thioether (sulfide) groups is 1. The van der Waals surface area contributed by atoms with Crippen LogP contribution in [0.5, 0.6) is 0 Å². The van der Waals surface area contributed by atoms with E-state index in [1.165, 1.54) is 31.8 Å². The van der Waals surface area contributed by atoms with Crippen LogP contribution >= 0.6 is 11.8 Å². The smallest absolute Gasteiger partial charge is 0.457 e. The molecular weight excluding hydrogens is 1530 g/mol. The highest BCUT2D eigenvalue weighted by molar-refractivity contribution is 7.98. The molecule has 115 heavy (non-hydrogen) atoms. The summed E-state index contributed by atoms with van der Waals surface area (Å²) in [7, 11) is -3.55. The van der Waals surface area contributed by atoms with Crippen molar-refractivity contribution in [1.82, 2.24) is 34.5 Å². The highest BCUT2D eigenvalue weighted by Gasteiger charge is 2.51. The average molecular weight is 1640 g/mol. The number of nitrogens with one attached hydrogen (secondary N) is 4. The third-order valence-corrected chi connectivity index (χ3v) is 21.6. The van der Waals surface area contributed by atoms with Crippen LogP contribution in [0.1, 0.15) is 125 Å². The van der Waals surface area contributed by atoms with Crippen LogP contribution in [0.15, 0.2) is 76.9 Å². The number of primary amides is 1. The van der Waals surface area contributed by atoms with Gasteiger partial charge in [0.1, 0.15) is 33.0 Å². The number of carbonyl (C=O) groups excluding carboxylic acids is 7. The summed E-state index contributed by atoms with van der Waals surface area (Å²) in [4.78, 5) is 120. The Morgan fingerprint density at radius 1 is 0.765 bits per heavy atom. The summed E-state index contributed by atoms with van der Waals surface area (Å²) < 4.78 is 95.8. The predicted molar refractivity (Wildman–Crippen MR) is 426 cm³/mol. The van der Waals surface area contributed by atoms with Gasteiger partial charge in [-0.25, -0.2) is 37.8 Å². The van der Waals surface area contributed by atoms with Gasteiger partial charge in [0, 0.05) is 111 Å². The van der Waals surface area contributed by atoms with E-state index >= 15 is 0 Å². The number of nitrogens with two attached hydrogens (primary N) is 1. The third-order valence-electron chi connectivity index (χ3n) is 19.6. The van der Waals surface area contributed by atoms with Crippen molar-refractivity contribution in [2.45, 2.75) is 134 Å². The molecular formula is C81H113N10O22S2+. The van der Waals surface area contributed by atoms with Gasteiger partial charge in [-0.1, -0.05) is 60.9 Å². The van der Waals surface area contributed by atoms with Crippen molar-refractivity contribution in [2.75, 3.05) is 176 Å². The first-order valence-corrected chi connectivity index (χ1v) is 42.5. The molecule has 32 nitrogen and oxygen atoms in total. The van der Waals surface area contributed by atoms with Gasteiger partial charge < -0.3 is 88.0 Å². The second-order valence-electron chi connectivity index (χ2n) is 28.3. The molecule has 0 radical (unpaired) electrons. The third kappa shape index (κ3) is 30.9. The average Bonchev–Trinajstić information content (AvgIpc) is 1.61. The number of ether oxygens (including phenoxy) is 12. The van der Waals surface area contributed by atoms with E-state index in [2.05, 4.69) is 37.8 Å². The number of unbranched alkanes of at least 4 members (excludes halogenated alkanes) is 1. The normalized spacial score (nSPS) is 15.9. The van der Waals surface area contributed by atoms with Gasteiger partial charge in [0.2, 0.25) is 27.4 Å². The maximum atomic E-state index is 14.4. The van der Waals surface area contributed by atoms with Crippen molar-refractivity contribution >= 4 is 79.9 Å². The predicted octanol–water partition coefficient (Wildman–Crippen LogP) is 5.26. The van der Waals surface area contributed by atoms with E-state index in [9.17, 15) is 46.8 Å². The molecule has 0 spiro atoms. The van der Waals surface area contributed by atoms with Gasteiger partial charge in [-0.15, -0.1) is 0 Å². The Balaban J connectivity index is 0.604. The number of para-hydroxylation sites is 1. The number of fused-ring (bicyclic) bond motifs is 5. The Morgan fingerprint density at radius 3 is 1.99 bits per heavy atom. The topological polar surface area (TPSA) is 395 Å². The van der Waals surface area contributed by atoms with Crippen molar-refractivity contribution < 1.29 is 104 Å². The summed E-state index contributed by atoms with van der Waals surface area (Å²) in [6, 6.07) is 14.3. The van der Waals surface area contributed by atoms with Crippen molar-refractivity contribution in [3.63, 3.8) is 0 Å². The van der Waals surface area contributed by atoms with Gasteiger partial charge >= 0.3 is 18.2 Å². The van der Waals surface area contributed by atoms with Crippen molar-refractivity contribution in [3.05, 3.63) is 111 Å². The molecule has 1 fully saturated rings. The summed E-state index contributed by atoms with van der Waals surface area (Å²) in [5.74, 6) is 3.87. The zero-order chi connectivity index (χ0) is 82.2. The van der Waals surface area contributed by atoms with Crippen LogP contribution in [0, 0.1) is 23.7 Å². The van der Waals surface area contributed by atoms with Gasteiger partial charge in [-0.2, -0.15) is 4.31 Å². The SMILES string of the molecule is CC[C@@]1(OC(=O)OCc2ccc(NC(=O)[C@H](CCCNC(N)=O)CC(=O)COCC(=O)CCCOCCOCCOCCOCCOCCOCCOCCOCC[NH+]3CCC(CNC(=O)CCCC#Cc4cnc(SC)nc4)CC3)cc2)C(=O)OCc2c1cc1n(c2=O)Cc2c-1nc1ccccc1c2CCN(C(C)C)S(C)(=O)=O. The van der Waals surface area contributed by atoms with Crippen LogP contribution in [0.4, 0.5) is 15.3 Å². The van der Waals surface area contributed by atoms with Gasteiger partial charge in [0.15, 0.2) is 16.7 Å². The monoisotopic (exact) mass is 1640 g/mol. The molecule has 1 saturated heterocycles. The zero-order valence-corrected chi connectivity index (χ0v) is 68.4. The molecule has 6 N–H and O–H groups in total. The number of hydrogen-bond acceptors (Lipinski definition) is 26. The highest BCUT2D eigenvalue weighted by Crippen LogP contribution is 2.43. The Kier molecular flexibility index (Phi) is 39.7. The van der Waals surface area contributed by atoms with E-state index in [4.69, 9.17) is 67.6 Å². The van der Waals surface area contributed by atoms with Crippen LogP contribution in [0.2, 0.25) is 0 Å². The molecule has 8 rings (SSSR count). The van der Waals surface area contributed by atoms with E-state index in [1.807, 2.05) is 30.5 Å². The maximum absolute atomic E-state index is 14.4. The van der Waals surface area contributed by atoms with E-state index in [-0.39, 0.29) is 94.0 Å². The number of piperidine rings is 1. The van der Waals surface area contributed by atoms with Crippen molar-refractivity contribution in [2.24, 2.45) is 17.6 Å². The molecule has 3 aliphatic rings. The summed E-state index contributed by atoms with van der Waals surface area (Å²) in [6.45, 7) is 15.1. The first kappa shape index (κ1) is 92.1. The molecule has 630 valence electrons. The number of likely N-dealkylation sites (tertiary alicyclic amines) is 1. The Hall–Kier alpha value is -8.41. The van der Waals surface area contributed by atoms with Gasteiger partial charge in [-0.05, 0) is 99.9 Å². The quantitative estimate of drug-likeness (QED) is 0.0107.